The minimum absolute atomic E-state index is 1.01. The van der Waals surface area contributed by atoms with Crippen molar-refractivity contribution < 1.29 is 0 Å². The minimum Gasteiger partial charge on any atom is -0.105 e. The second kappa shape index (κ2) is 3.51. The molecule has 0 fully saturated rings. The van der Waals surface area contributed by atoms with E-state index in [0.717, 1.165) is 7.87 Å². The molecule has 0 aliphatic rings. The van der Waals surface area contributed by atoms with Crippen LogP contribution in [0.15, 0.2) is 36.1 Å². The molecule has 0 aliphatic heterocycles. The minimum atomic E-state index is 1.01. The third kappa shape index (κ3) is 1.71. The first-order chi connectivity index (χ1) is 5.47. The molecule has 54 valence electrons. The summed E-state index contributed by atoms with van der Waals surface area (Å²) in [5.41, 5.74) is 1.40. The van der Waals surface area contributed by atoms with Gasteiger partial charge in [-0.05, 0) is 26.8 Å². The number of hydrogen-bond acceptors (Lipinski definition) is 0. The summed E-state index contributed by atoms with van der Waals surface area (Å²) in [5, 5.41) is 1.51. The van der Waals surface area contributed by atoms with Gasteiger partial charge in [0.25, 0.3) is 0 Å². The second-order valence-electron chi connectivity index (χ2n) is 2.22. The van der Waals surface area contributed by atoms with Crippen molar-refractivity contribution in [1.29, 1.82) is 0 Å². The van der Waals surface area contributed by atoms with Crippen LogP contribution in [0.2, 0.25) is 0 Å². The molecule has 2 aromatic rings. The summed E-state index contributed by atoms with van der Waals surface area (Å²) < 4.78 is 0. The summed E-state index contributed by atoms with van der Waals surface area (Å²) in [6, 6.07) is 10.6. The first-order valence-electron chi connectivity index (χ1n) is 3.39. The zero-order chi connectivity index (χ0) is 7.52. The fourth-order valence-corrected chi connectivity index (χ4v) is 6.39. The standard InChI is InChI=1S/C8H7P3/c1-2-4-7(5-3-1)8-6-9-11-10-8/h1-6,9H. The van der Waals surface area contributed by atoms with Crippen molar-refractivity contribution in [2.75, 3.05) is 0 Å². The molecular formula is C8H7P3. The fourth-order valence-electron chi connectivity index (χ4n) is 0.952. The smallest absolute Gasteiger partial charge is 0.0179 e. The van der Waals surface area contributed by atoms with Crippen LogP contribution in [0.3, 0.4) is 0 Å². The zero-order valence-corrected chi connectivity index (χ0v) is 8.65. The summed E-state index contributed by atoms with van der Waals surface area (Å²) in [6.07, 6.45) is 0. The molecule has 1 aromatic heterocycles. The first-order valence-corrected chi connectivity index (χ1v) is 7.80. The van der Waals surface area contributed by atoms with Crippen molar-refractivity contribution in [3.05, 3.63) is 36.1 Å². The number of hydrogen-bond donors (Lipinski definition) is 0. The largest absolute Gasteiger partial charge is 0.105 e. The van der Waals surface area contributed by atoms with Crippen LogP contribution < -0.4 is 0 Å². The molecule has 1 atom stereocenters. The lowest BCUT2D eigenvalue weighted by molar-refractivity contribution is 1.71. The van der Waals surface area contributed by atoms with Crippen LogP contribution >= 0.6 is 23.3 Å². The average Bonchev–Trinajstić information content (AvgIpc) is 2.58. The van der Waals surface area contributed by atoms with Crippen LogP contribution in [0.25, 0.3) is 10.9 Å². The molecular weight excluding hydrogens is 189 g/mol. The normalized spacial score (nSPS) is 12.0. The van der Waals surface area contributed by atoms with Crippen molar-refractivity contribution in [3.8, 4) is 10.9 Å². The van der Waals surface area contributed by atoms with Crippen LogP contribution in [0.4, 0.5) is 0 Å². The summed E-state index contributed by atoms with van der Waals surface area (Å²) in [7, 11) is 4.05. The SMILES string of the molecule is c1ccc(-c2c[pH]pp2)cc1. The van der Waals surface area contributed by atoms with Crippen LogP contribution in [-0.4, -0.2) is 0 Å². The molecule has 11 heavy (non-hydrogen) atoms. The van der Waals surface area contributed by atoms with E-state index in [1.54, 1.807) is 7.55 Å². The molecule has 0 nitrogen and oxygen atoms in total. The van der Waals surface area contributed by atoms with E-state index < -0.39 is 0 Å². The lowest BCUT2D eigenvalue weighted by atomic mass is 10.2. The molecule has 0 N–H and O–H groups in total. The molecule has 2 rings (SSSR count). The van der Waals surface area contributed by atoms with Crippen molar-refractivity contribution in [3.63, 3.8) is 0 Å². The maximum Gasteiger partial charge on any atom is 0.0179 e. The maximum atomic E-state index is 2.36. The molecule has 0 radical (unpaired) electrons. The highest BCUT2D eigenvalue weighted by molar-refractivity contribution is 8.17. The Labute approximate surface area is 70.8 Å². The molecule has 1 unspecified atom stereocenters. The number of rotatable bonds is 1. The third-order valence-corrected chi connectivity index (χ3v) is 6.58. The highest BCUT2D eigenvalue weighted by atomic mass is 32.1. The summed E-state index contributed by atoms with van der Waals surface area (Å²) in [4.78, 5) is 0. The summed E-state index contributed by atoms with van der Waals surface area (Å²) in [5.74, 6) is 2.36. The maximum absolute atomic E-state index is 2.36. The Morgan fingerprint density at radius 3 is 2.55 bits per heavy atom. The van der Waals surface area contributed by atoms with E-state index in [9.17, 15) is 0 Å². The molecule has 0 aliphatic carbocycles. The van der Waals surface area contributed by atoms with Gasteiger partial charge in [-0.25, -0.2) is 0 Å². The van der Waals surface area contributed by atoms with E-state index >= 15 is 0 Å². The monoisotopic (exact) mass is 196 g/mol. The van der Waals surface area contributed by atoms with E-state index in [-0.39, 0.29) is 0 Å². The third-order valence-electron chi connectivity index (χ3n) is 1.49. The first kappa shape index (κ1) is 7.51. The van der Waals surface area contributed by atoms with Gasteiger partial charge in [0.05, 0.1) is 0 Å². The lowest BCUT2D eigenvalue weighted by Crippen LogP contribution is -1.66. The van der Waals surface area contributed by atoms with Crippen LogP contribution in [0, 0.1) is 0 Å². The Balaban J connectivity index is 2.46. The highest BCUT2D eigenvalue weighted by Gasteiger charge is 1.94. The quantitative estimate of drug-likeness (QED) is 0.627. The van der Waals surface area contributed by atoms with Gasteiger partial charge < -0.3 is 0 Å². The van der Waals surface area contributed by atoms with E-state index in [2.05, 4.69) is 36.1 Å². The topological polar surface area (TPSA) is 0 Å². The van der Waals surface area contributed by atoms with Gasteiger partial charge in [0.1, 0.15) is 0 Å². The predicted molar refractivity (Wildman–Crippen MR) is 56.4 cm³/mol. The van der Waals surface area contributed by atoms with Crippen LogP contribution in [0.1, 0.15) is 0 Å². The van der Waals surface area contributed by atoms with E-state index in [1.807, 2.05) is 0 Å². The lowest BCUT2D eigenvalue weighted by Gasteiger charge is -1.92. The summed E-state index contributed by atoms with van der Waals surface area (Å²) in [6.45, 7) is 0. The fraction of sp³-hybridized carbons (Fsp3) is 0. The van der Waals surface area contributed by atoms with Gasteiger partial charge in [0.2, 0.25) is 0 Å². The Kier molecular flexibility index (Phi) is 2.39. The Morgan fingerprint density at radius 2 is 1.91 bits per heavy atom. The molecule has 0 saturated heterocycles. The van der Waals surface area contributed by atoms with Crippen molar-refractivity contribution in [2.24, 2.45) is 0 Å². The van der Waals surface area contributed by atoms with Gasteiger partial charge >= 0.3 is 0 Å². The van der Waals surface area contributed by atoms with Gasteiger partial charge in [0, 0.05) is 5.30 Å². The van der Waals surface area contributed by atoms with Crippen LogP contribution in [0.5, 0.6) is 0 Å². The average molecular weight is 196 g/mol. The van der Waals surface area contributed by atoms with Gasteiger partial charge in [-0.2, -0.15) is 0 Å². The van der Waals surface area contributed by atoms with Crippen LogP contribution in [-0.2, 0) is 0 Å². The van der Waals surface area contributed by atoms with Gasteiger partial charge in [-0.3, -0.25) is 0 Å². The van der Waals surface area contributed by atoms with Crippen molar-refractivity contribution in [1.82, 2.24) is 0 Å². The van der Waals surface area contributed by atoms with Gasteiger partial charge in [-0.1, -0.05) is 30.3 Å². The second-order valence-corrected chi connectivity index (χ2v) is 7.43. The van der Waals surface area contributed by atoms with Crippen molar-refractivity contribution in [2.45, 2.75) is 0 Å². The number of benzene rings is 1. The Bertz CT molecular complexity index is 312. The van der Waals surface area contributed by atoms with Crippen molar-refractivity contribution >= 4 is 23.3 Å². The Morgan fingerprint density at radius 1 is 1.09 bits per heavy atom. The van der Waals surface area contributed by atoms with E-state index in [1.165, 1.54) is 18.7 Å². The van der Waals surface area contributed by atoms with E-state index in [0.29, 0.717) is 0 Å². The zero-order valence-electron chi connectivity index (χ0n) is 5.86. The molecule has 0 amide bonds. The Hall–Kier alpha value is -0.140. The molecule has 1 aromatic carbocycles. The van der Waals surface area contributed by atoms with E-state index in [4.69, 9.17) is 0 Å². The molecule has 0 saturated carbocycles. The highest BCUT2D eigenvalue weighted by Crippen LogP contribution is 2.42. The molecule has 3 heteroatoms. The van der Waals surface area contributed by atoms with Gasteiger partial charge in [-0.15, -0.1) is 7.87 Å². The molecule has 0 bridgehead atoms. The summed E-state index contributed by atoms with van der Waals surface area (Å²) >= 11 is 0. The molecule has 1 heterocycles. The van der Waals surface area contributed by atoms with Gasteiger partial charge in [0.15, 0.2) is 0 Å². The predicted octanol–water partition coefficient (Wildman–Crippen LogP) is 4.55. The molecule has 0 spiro atoms.